The summed E-state index contributed by atoms with van der Waals surface area (Å²) in [7, 11) is 0. The van der Waals surface area contributed by atoms with E-state index < -0.39 is 5.97 Å². The van der Waals surface area contributed by atoms with E-state index in [4.69, 9.17) is 4.98 Å². The van der Waals surface area contributed by atoms with Gasteiger partial charge in [0.1, 0.15) is 11.3 Å². The van der Waals surface area contributed by atoms with Gasteiger partial charge in [0.05, 0.1) is 0 Å². The molecule has 7 heteroatoms. The first-order valence-corrected chi connectivity index (χ1v) is 12.9. The Hall–Kier alpha value is -3.22. The van der Waals surface area contributed by atoms with Gasteiger partial charge in [-0.3, -0.25) is 0 Å². The largest absolute Gasteiger partial charge is 0.475 e. The number of imidazole rings is 1. The van der Waals surface area contributed by atoms with Gasteiger partial charge >= 0.3 is 5.97 Å². The lowest BCUT2D eigenvalue weighted by Crippen LogP contribution is -2.31. The molecule has 5 rings (SSSR count). The van der Waals surface area contributed by atoms with Crippen molar-refractivity contribution < 1.29 is 9.90 Å². The summed E-state index contributed by atoms with van der Waals surface area (Å²) in [6.07, 6.45) is 10.3. The number of benzene rings is 1. The first kappa shape index (κ1) is 23.5. The molecule has 1 aromatic carbocycles. The molecular formula is C28H35N5O2. The minimum atomic E-state index is -1.14. The van der Waals surface area contributed by atoms with Crippen molar-refractivity contribution in [2.45, 2.75) is 71.4 Å². The second kappa shape index (κ2) is 9.80. The number of fused-ring (bicyclic) bond motifs is 1. The number of hydrogen-bond acceptors (Lipinski definition) is 5. The van der Waals surface area contributed by atoms with Crippen molar-refractivity contribution in [2.75, 3.05) is 5.32 Å². The molecule has 2 fully saturated rings. The van der Waals surface area contributed by atoms with Gasteiger partial charge < -0.3 is 15.0 Å². The van der Waals surface area contributed by atoms with Crippen LogP contribution < -0.4 is 5.32 Å². The summed E-state index contributed by atoms with van der Waals surface area (Å²) >= 11 is 0. The maximum atomic E-state index is 11.9. The van der Waals surface area contributed by atoms with Crippen LogP contribution in [0.15, 0.2) is 36.9 Å². The highest BCUT2D eigenvalue weighted by Crippen LogP contribution is 2.36. The van der Waals surface area contributed by atoms with E-state index in [1.165, 1.54) is 19.3 Å². The Morgan fingerprint density at radius 3 is 2.60 bits per heavy atom. The Morgan fingerprint density at radius 1 is 1.20 bits per heavy atom. The van der Waals surface area contributed by atoms with Crippen LogP contribution in [0.25, 0.3) is 22.6 Å². The van der Waals surface area contributed by atoms with Crippen LogP contribution in [0, 0.1) is 24.7 Å². The fourth-order valence-electron chi connectivity index (χ4n) is 5.55. The lowest BCUT2D eigenvalue weighted by molar-refractivity contribution is 0.0684. The zero-order valence-corrected chi connectivity index (χ0v) is 20.7. The molecule has 0 radical (unpaired) electrons. The number of aryl methyl sites for hydroxylation is 1. The number of rotatable bonds is 8. The Labute approximate surface area is 206 Å². The first-order chi connectivity index (χ1) is 16.9. The highest BCUT2D eigenvalue weighted by Gasteiger charge is 2.28. The number of nitrogens with one attached hydrogen (secondary N) is 1. The summed E-state index contributed by atoms with van der Waals surface area (Å²) in [5, 5.41) is 13.3. The van der Waals surface area contributed by atoms with Crippen LogP contribution in [0.2, 0.25) is 0 Å². The van der Waals surface area contributed by atoms with Gasteiger partial charge in [0.15, 0.2) is 11.5 Å². The van der Waals surface area contributed by atoms with Gasteiger partial charge in [0.2, 0.25) is 5.82 Å². The number of carboxylic acids is 1. The van der Waals surface area contributed by atoms with Gasteiger partial charge in [0.25, 0.3) is 0 Å². The number of carboxylic acid groups (broad SMARTS) is 1. The van der Waals surface area contributed by atoms with Crippen molar-refractivity contribution in [3.05, 3.63) is 48.3 Å². The second-order valence-electron chi connectivity index (χ2n) is 10.4. The van der Waals surface area contributed by atoms with Gasteiger partial charge in [0, 0.05) is 18.2 Å². The third-order valence-corrected chi connectivity index (χ3v) is 7.96. The fourth-order valence-corrected chi connectivity index (χ4v) is 5.55. The summed E-state index contributed by atoms with van der Waals surface area (Å²) in [5.41, 5.74) is 3.42. The molecule has 2 aromatic heterocycles. The highest BCUT2D eigenvalue weighted by atomic mass is 16.4. The van der Waals surface area contributed by atoms with Crippen molar-refractivity contribution in [3.8, 4) is 11.4 Å². The van der Waals surface area contributed by atoms with Gasteiger partial charge in [-0.25, -0.2) is 19.7 Å². The topological polar surface area (TPSA) is 92.9 Å². The molecule has 0 spiro atoms. The third-order valence-electron chi connectivity index (χ3n) is 7.96. The molecule has 35 heavy (non-hydrogen) atoms. The summed E-state index contributed by atoms with van der Waals surface area (Å²) in [6.45, 7) is 9.03. The van der Waals surface area contributed by atoms with E-state index in [0.29, 0.717) is 29.2 Å². The minimum absolute atomic E-state index is 0.206. The maximum absolute atomic E-state index is 11.9. The van der Waals surface area contributed by atoms with Gasteiger partial charge in [-0.15, -0.1) is 6.58 Å². The van der Waals surface area contributed by atoms with Gasteiger partial charge in [-0.2, -0.15) is 0 Å². The summed E-state index contributed by atoms with van der Waals surface area (Å²) in [4.78, 5) is 25.6. The highest BCUT2D eigenvalue weighted by molar-refractivity contribution is 5.92. The number of aromatic carboxylic acids is 1. The predicted octanol–water partition coefficient (Wildman–Crippen LogP) is 6.09. The third kappa shape index (κ3) is 4.81. The van der Waals surface area contributed by atoms with Crippen LogP contribution in [0.3, 0.4) is 0 Å². The van der Waals surface area contributed by atoms with Crippen molar-refractivity contribution in [1.29, 1.82) is 0 Å². The quantitative estimate of drug-likeness (QED) is 0.384. The van der Waals surface area contributed by atoms with E-state index >= 15 is 0 Å². The van der Waals surface area contributed by atoms with E-state index in [2.05, 4.69) is 64.6 Å². The number of aromatic nitrogens is 4. The van der Waals surface area contributed by atoms with Crippen LogP contribution in [-0.4, -0.2) is 36.6 Å². The van der Waals surface area contributed by atoms with E-state index in [9.17, 15) is 9.90 Å². The summed E-state index contributed by atoms with van der Waals surface area (Å²) in [5.74, 6) is 1.75. The molecule has 0 aliphatic heterocycles. The molecule has 2 aliphatic rings. The number of nitrogens with zero attached hydrogens (tertiary/aromatic N) is 4. The summed E-state index contributed by atoms with van der Waals surface area (Å²) in [6, 6.07) is 8.51. The van der Waals surface area contributed by atoms with Crippen molar-refractivity contribution in [3.63, 3.8) is 0 Å². The Balaban J connectivity index is 1.62. The predicted molar refractivity (Wildman–Crippen MR) is 139 cm³/mol. The normalized spacial score (nSPS) is 21.4. The van der Waals surface area contributed by atoms with Crippen molar-refractivity contribution in [2.24, 2.45) is 17.8 Å². The molecule has 0 unspecified atom stereocenters. The maximum Gasteiger partial charge on any atom is 0.374 e. The van der Waals surface area contributed by atoms with Crippen LogP contribution in [0.4, 0.5) is 5.82 Å². The number of allylic oxidation sites excluding steroid dienone is 1. The summed E-state index contributed by atoms with van der Waals surface area (Å²) < 4.78 is 2.24. The molecule has 2 heterocycles. The zero-order valence-electron chi connectivity index (χ0n) is 20.7. The van der Waals surface area contributed by atoms with Crippen molar-refractivity contribution >= 4 is 23.0 Å². The van der Waals surface area contributed by atoms with Crippen LogP contribution in [0.5, 0.6) is 0 Å². The Bertz CT molecular complexity index is 1240. The van der Waals surface area contributed by atoms with E-state index in [0.717, 1.165) is 54.7 Å². The van der Waals surface area contributed by atoms with Gasteiger partial charge in [-0.05, 0) is 76.2 Å². The van der Waals surface area contributed by atoms with Crippen LogP contribution in [0.1, 0.15) is 68.1 Å². The molecule has 2 N–H and O–H groups in total. The van der Waals surface area contributed by atoms with E-state index in [1.54, 1.807) is 0 Å². The molecule has 0 bridgehead atoms. The lowest BCUT2D eigenvalue weighted by Gasteiger charge is -2.32. The SMILES string of the molecule is C=C[C@H]1CC[C@H](Cn2c(-c3cccc(C)c3)nc3nc(C(=O)O)nc(N[C@H](C)C4CCC4)c32)CC1. The average Bonchev–Trinajstić information content (AvgIpc) is 3.17. The molecule has 1 atom stereocenters. The lowest BCUT2D eigenvalue weighted by atomic mass is 9.80. The van der Waals surface area contributed by atoms with Gasteiger partial charge in [-0.1, -0.05) is 36.3 Å². The number of anilines is 1. The molecular weight excluding hydrogens is 438 g/mol. The fraction of sp³-hybridized carbons (Fsp3) is 0.500. The second-order valence-corrected chi connectivity index (χ2v) is 10.4. The number of carbonyl (C=O) groups is 1. The molecule has 3 aromatic rings. The monoisotopic (exact) mass is 473 g/mol. The average molecular weight is 474 g/mol. The smallest absolute Gasteiger partial charge is 0.374 e. The molecule has 7 nitrogen and oxygen atoms in total. The van der Waals surface area contributed by atoms with Crippen LogP contribution in [-0.2, 0) is 6.54 Å². The molecule has 0 amide bonds. The molecule has 2 saturated carbocycles. The van der Waals surface area contributed by atoms with E-state index in [-0.39, 0.29) is 11.9 Å². The minimum Gasteiger partial charge on any atom is -0.475 e. The first-order valence-electron chi connectivity index (χ1n) is 12.9. The Kier molecular flexibility index (Phi) is 6.58. The standard InChI is InChI=1S/C28H35N5O2/c1-4-19-11-13-20(14-12-19)16-33-23-24(29-18(3)21-8-6-9-21)30-26(28(34)35)31-25(23)32-27(33)22-10-5-7-17(2)15-22/h4-5,7,10,15,18-21H,1,6,8-9,11-14,16H2,2-3H3,(H,34,35)(H,29,30,31)/t18-,19-,20-/m1/s1. The van der Waals surface area contributed by atoms with Crippen LogP contribution >= 0.6 is 0 Å². The van der Waals surface area contributed by atoms with E-state index in [1.807, 2.05) is 6.07 Å². The van der Waals surface area contributed by atoms with Crippen molar-refractivity contribution in [1.82, 2.24) is 19.5 Å². The molecule has 0 saturated heterocycles. The molecule has 2 aliphatic carbocycles. The zero-order chi connectivity index (χ0) is 24.5. The number of hydrogen-bond donors (Lipinski definition) is 2. The molecule has 184 valence electrons. The Morgan fingerprint density at radius 2 is 1.97 bits per heavy atom.